The van der Waals surface area contributed by atoms with Crippen LogP contribution in [-0.2, 0) is 23.8 Å². The summed E-state index contributed by atoms with van der Waals surface area (Å²) in [6.07, 6.45) is 15.8. The Balaban J connectivity index is 3.51. The van der Waals surface area contributed by atoms with Crippen molar-refractivity contribution >= 4 is 11.9 Å². The van der Waals surface area contributed by atoms with Gasteiger partial charge in [0.05, 0.1) is 13.2 Å². The Labute approximate surface area is 204 Å². The number of carbonyl (C=O) groups is 2. The predicted molar refractivity (Wildman–Crippen MR) is 136 cm³/mol. The maximum Gasteiger partial charge on any atom is 0.305 e. The van der Waals surface area contributed by atoms with E-state index in [1.54, 1.807) is 0 Å². The lowest BCUT2D eigenvalue weighted by atomic mass is 10.0. The molecule has 2 atom stereocenters. The largest absolute Gasteiger partial charge is 0.466 e. The third-order valence-corrected chi connectivity index (χ3v) is 6.38. The van der Waals surface area contributed by atoms with Crippen LogP contribution >= 0.6 is 0 Å². The molecule has 0 aromatic carbocycles. The lowest BCUT2D eigenvalue weighted by molar-refractivity contribution is -0.146. The van der Waals surface area contributed by atoms with Crippen LogP contribution < -0.4 is 0 Å². The van der Waals surface area contributed by atoms with Gasteiger partial charge in [-0.25, -0.2) is 0 Å². The Morgan fingerprint density at radius 1 is 0.576 bits per heavy atom. The molecule has 5 heteroatoms. The highest BCUT2D eigenvalue weighted by Crippen LogP contribution is 2.14. The Morgan fingerprint density at radius 3 is 1.64 bits per heavy atom. The molecule has 0 aromatic heterocycles. The van der Waals surface area contributed by atoms with E-state index >= 15 is 0 Å². The van der Waals surface area contributed by atoms with Crippen LogP contribution in [0.3, 0.4) is 0 Å². The minimum Gasteiger partial charge on any atom is -0.466 e. The van der Waals surface area contributed by atoms with Crippen LogP contribution in [0.4, 0.5) is 0 Å². The van der Waals surface area contributed by atoms with Gasteiger partial charge in [-0.3, -0.25) is 9.59 Å². The van der Waals surface area contributed by atoms with Gasteiger partial charge in [0, 0.05) is 26.1 Å². The summed E-state index contributed by atoms with van der Waals surface area (Å²) < 4.78 is 16.5. The minimum absolute atomic E-state index is 0.0999. The number of esters is 2. The number of hydrogen-bond donors (Lipinski definition) is 0. The molecule has 0 aliphatic heterocycles. The van der Waals surface area contributed by atoms with Crippen molar-refractivity contribution in [2.45, 2.75) is 130 Å². The van der Waals surface area contributed by atoms with E-state index in [4.69, 9.17) is 14.2 Å². The number of ether oxygens (including phenoxy) is 3. The molecular weight excluding hydrogens is 416 g/mol. The van der Waals surface area contributed by atoms with Crippen molar-refractivity contribution in [3.05, 3.63) is 0 Å². The first kappa shape index (κ1) is 31.9. The van der Waals surface area contributed by atoms with Gasteiger partial charge in [0.25, 0.3) is 0 Å². The number of rotatable bonds is 24. The van der Waals surface area contributed by atoms with Crippen molar-refractivity contribution in [3.63, 3.8) is 0 Å². The Hall–Kier alpha value is -1.10. The third kappa shape index (κ3) is 21.2. The molecule has 0 aliphatic carbocycles. The van der Waals surface area contributed by atoms with E-state index < -0.39 is 0 Å². The molecule has 0 spiro atoms. The van der Waals surface area contributed by atoms with E-state index in [-0.39, 0.29) is 11.9 Å². The SMILES string of the molecule is CCCCC(CC)COCCCCCC(=O)OCCCCCC(=O)OCC(CC)CCCC. The average molecular weight is 471 g/mol. The van der Waals surface area contributed by atoms with Gasteiger partial charge in [0.15, 0.2) is 0 Å². The molecule has 0 N–H and O–H groups in total. The lowest BCUT2D eigenvalue weighted by Crippen LogP contribution is -2.13. The molecule has 0 saturated carbocycles. The van der Waals surface area contributed by atoms with Crippen LogP contribution in [0.2, 0.25) is 0 Å². The molecule has 0 radical (unpaired) electrons. The molecule has 0 aliphatic rings. The van der Waals surface area contributed by atoms with Crippen LogP contribution in [0.25, 0.3) is 0 Å². The molecule has 0 rings (SSSR count). The Morgan fingerprint density at radius 2 is 1.09 bits per heavy atom. The van der Waals surface area contributed by atoms with Crippen molar-refractivity contribution in [1.29, 1.82) is 0 Å². The molecule has 0 saturated heterocycles. The van der Waals surface area contributed by atoms with Crippen molar-refractivity contribution in [2.75, 3.05) is 26.4 Å². The molecule has 196 valence electrons. The summed E-state index contributed by atoms with van der Waals surface area (Å²) >= 11 is 0. The van der Waals surface area contributed by atoms with Crippen LogP contribution in [-0.4, -0.2) is 38.4 Å². The van der Waals surface area contributed by atoms with Gasteiger partial charge >= 0.3 is 11.9 Å². The highest BCUT2D eigenvalue weighted by atomic mass is 16.5. The fourth-order valence-electron chi connectivity index (χ4n) is 3.79. The van der Waals surface area contributed by atoms with Crippen molar-refractivity contribution in [3.8, 4) is 0 Å². The summed E-state index contributed by atoms with van der Waals surface area (Å²) in [6.45, 7) is 11.5. The van der Waals surface area contributed by atoms with Gasteiger partial charge in [-0.15, -0.1) is 0 Å². The molecule has 0 amide bonds. The highest BCUT2D eigenvalue weighted by molar-refractivity contribution is 5.69. The van der Waals surface area contributed by atoms with Gasteiger partial charge in [-0.1, -0.05) is 72.6 Å². The number of carbonyl (C=O) groups excluding carboxylic acids is 2. The van der Waals surface area contributed by atoms with Crippen molar-refractivity contribution in [1.82, 2.24) is 0 Å². The summed E-state index contributed by atoms with van der Waals surface area (Å²) in [7, 11) is 0. The number of unbranched alkanes of at least 4 members (excludes halogenated alkanes) is 6. The molecule has 2 unspecified atom stereocenters. The summed E-state index contributed by atoms with van der Waals surface area (Å²) in [5.41, 5.74) is 0. The normalized spacial score (nSPS) is 13.0. The maximum absolute atomic E-state index is 11.9. The first-order chi connectivity index (χ1) is 16.1. The van der Waals surface area contributed by atoms with E-state index in [2.05, 4.69) is 27.7 Å². The van der Waals surface area contributed by atoms with Gasteiger partial charge in [-0.05, 0) is 56.8 Å². The lowest BCUT2D eigenvalue weighted by Gasteiger charge is -2.14. The van der Waals surface area contributed by atoms with Crippen LogP contribution in [0.5, 0.6) is 0 Å². The van der Waals surface area contributed by atoms with Crippen LogP contribution in [0, 0.1) is 11.8 Å². The van der Waals surface area contributed by atoms with Crippen molar-refractivity contribution in [2.24, 2.45) is 11.8 Å². The van der Waals surface area contributed by atoms with E-state index in [1.165, 1.54) is 38.5 Å². The van der Waals surface area contributed by atoms with Gasteiger partial charge < -0.3 is 14.2 Å². The van der Waals surface area contributed by atoms with Crippen molar-refractivity contribution < 1.29 is 23.8 Å². The van der Waals surface area contributed by atoms with Gasteiger partial charge in [-0.2, -0.15) is 0 Å². The molecular formula is C28H54O5. The second-order valence-electron chi connectivity index (χ2n) is 9.43. The highest BCUT2D eigenvalue weighted by Gasteiger charge is 2.10. The molecule has 0 bridgehead atoms. The molecule has 5 nitrogen and oxygen atoms in total. The minimum atomic E-state index is -0.112. The van der Waals surface area contributed by atoms with E-state index in [9.17, 15) is 9.59 Å². The second-order valence-corrected chi connectivity index (χ2v) is 9.43. The van der Waals surface area contributed by atoms with E-state index in [0.717, 1.165) is 64.6 Å². The van der Waals surface area contributed by atoms with Crippen LogP contribution in [0.1, 0.15) is 130 Å². The smallest absolute Gasteiger partial charge is 0.305 e. The Kier molecular flexibility index (Phi) is 23.2. The number of hydrogen-bond acceptors (Lipinski definition) is 5. The summed E-state index contributed by atoms with van der Waals surface area (Å²) in [5, 5.41) is 0. The zero-order valence-electron chi connectivity index (χ0n) is 22.3. The average Bonchev–Trinajstić information content (AvgIpc) is 2.82. The van der Waals surface area contributed by atoms with E-state index in [0.29, 0.717) is 37.9 Å². The summed E-state index contributed by atoms with van der Waals surface area (Å²) in [6, 6.07) is 0. The quantitative estimate of drug-likeness (QED) is 0.107. The van der Waals surface area contributed by atoms with Gasteiger partial charge in [0.2, 0.25) is 0 Å². The molecule has 0 aromatic rings. The zero-order valence-corrected chi connectivity index (χ0v) is 22.3. The monoisotopic (exact) mass is 470 g/mol. The predicted octanol–water partition coefficient (Wildman–Crippen LogP) is 7.64. The van der Waals surface area contributed by atoms with Gasteiger partial charge in [0.1, 0.15) is 0 Å². The summed E-state index contributed by atoms with van der Waals surface area (Å²) in [5.74, 6) is 0.968. The zero-order chi connectivity index (χ0) is 24.6. The fraction of sp³-hybridized carbons (Fsp3) is 0.929. The molecule has 0 heterocycles. The Bertz CT molecular complexity index is 452. The second kappa shape index (κ2) is 24.0. The third-order valence-electron chi connectivity index (χ3n) is 6.38. The van der Waals surface area contributed by atoms with Crippen LogP contribution in [0.15, 0.2) is 0 Å². The molecule has 33 heavy (non-hydrogen) atoms. The first-order valence-corrected chi connectivity index (χ1v) is 14.0. The topological polar surface area (TPSA) is 61.8 Å². The van der Waals surface area contributed by atoms with E-state index in [1.807, 2.05) is 0 Å². The fourth-order valence-corrected chi connectivity index (χ4v) is 3.79. The standard InChI is InChI=1S/C28H54O5/c1-5-9-17-25(7-3)23-31-21-15-11-13-19-27(29)32-22-16-12-14-20-28(30)33-24-26(8-4)18-10-6-2/h25-26H,5-24H2,1-4H3. The first-order valence-electron chi connectivity index (χ1n) is 14.0. The maximum atomic E-state index is 11.9. The molecule has 0 fully saturated rings. The summed E-state index contributed by atoms with van der Waals surface area (Å²) in [4.78, 5) is 23.7.